The van der Waals surface area contributed by atoms with Crippen LogP contribution in [0.1, 0.15) is 21.5 Å². The molecule has 0 fully saturated rings. The second kappa shape index (κ2) is 7.47. The van der Waals surface area contributed by atoms with Gasteiger partial charge in [0.1, 0.15) is 24.1 Å². The largest absolute Gasteiger partial charge is 0.490 e. The molecule has 116 valence electrons. The van der Waals surface area contributed by atoms with Crippen LogP contribution < -0.4 is 4.74 Å². The van der Waals surface area contributed by atoms with Gasteiger partial charge in [0.15, 0.2) is 0 Å². The van der Waals surface area contributed by atoms with Gasteiger partial charge in [-0.2, -0.15) is 0 Å². The Morgan fingerprint density at radius 3 is 2.41 bits per heavy atom. The molecule has 22 heavy (non-hydrogen) atoms. The molecule has 4 nitrogen and oxygen atoms in total. The lowest BCUT2D eigenvalue weighted by Crippen LogP contribution is -2.12. The number of halogens is 2. The number of carbonyl (C=O) groups is 1. The third-order valence-electron chi connectivity index (χ3n) is 2.81. The maximum Gasteiger partial charge on any atom is 0.339 e. The second-order valence-corrected chi connectivity index (χ2v) is 5.57. The van der Waals surface area contributed by atoms with E-state index in [1.165, 1.54) is 12.3 Å². The molecule has 0 aliphatic heterocycles. The van der Waals surface area contributed by atoms with E-state index in [1.54, 1.807) is 0 Å². The summed E-state index contributed by atoms with van der Waals surface area (Å²) in [4.78, 5) is 15.6. The van der Waals surface area contributed by atoms with E-state index in [-0.39, 0.29) is 29.0 Å². The summed E-state index contributed by atoms with van der Waals surface area (Å²) in [6.07, 6.45) is 1.32. The maximum absolute atomic E-state index is 11.8. The number of esters is 1. The first kappa shape index (κ1) is 16.6. The summed E-state index contributed by atoms with van der Waals surface area (Å²) in [6, 6.07) is 7.34. The predicted molar refractivity (Wildman–Crippen MR) is 86.0 cm³/mol. The van der Waals surface area contributed by atoms with Gasteiger partial charge < -0.3 is 9.47 Å². The van der Waals surface area contributed by atoms with Crippen LogP contribution in [0.3, 0.4) is 0 Å². The van der Waals surface area contributed by atoms with Crippen molar-refractivity contribution in [1.82, 2.24) is 4.98 Å². The fourth-order valence-electron chi connectivity index (χ4n) is 1.93. The van der Waals surface area contributed by atoms with E-state index in [2.05, 4.69) is 11.1 Å². The first-order chi connectivity index (χ1) is 10.5. The summed E-state index contributed by atoms with van der Waals surface area (Å²) in [5.41, 5.74) is 2.49. The number of hydrogen-bond donors (Lipinski definition) is 0. The van der Waals surface area contributed by atoms with Crippen LogP contribution in [0.15, 0.2) is 30.5 Å². The maximum atomic E-state index is 11.8. The fourth-order valence-corrected chi connectivity index (χ4v) is 2.20. The molecule has 1 aromatic carbocycles. The zero-order valence-electron chi connectivity index (χ0n) is 12.2. The number of nitrogens with zero attached hydrogens (tertiary/aromatic N) is 1. The number of hydrogen-bond acceptors (Lipinski definition) is 4. The van der Waals surface area contributed by atoms with Crippen LogP contribution in [0.5, 0.6) is 5.75 Å². The lowest BCUT2D eigenvalue weighted by Gasteiger charge is -2.09. The Bertz CT molecular complexity index is 669. The monoisotopic (exact) mass is 339 g/mol. The first-order valence-corrected chi connectivity index (χ1v) is 7.40. The average Bonchev–Trinajstić information content (AvgIpc) is 2.45. The van der Waals surface area contributed by atoms with Crippen molar-refractivity contribution in [1.29, 1.82) is 0 Å². The first-order valence-electron chi connectivity index (χ1n) is 6.65. The molecule has 0 spiro atoms. The SMILES string of the molecule is Cc1cc(C)cc(OCCOC(=O)c2cnc(Cl)c(Cl)c2)c1. The smallest absolute Gasteiger partial charge is 0.339 e. The van der Waals surface area contributed by atoms with Gasteiger partial charge in [0.2, 0.25) is 0 Å². The zero-order chi connectivity index (χ0) is 16.1. The van der Waals surface area contributed by atoms with Gasteiger partial charge in [-0.15, -0.1) is 0 Å². The molecule has 0 saturated heterocycles. The number of ether oxygens (including phenoxy) is 2. The number of rotatable bonds is 5. The molecule has 0 aliphatic carbocycles. The molecule has 0 unspecified atom stereocenters. The summed E-state index contributed by atoms with van der Waals surface area (Å²) in [5.74, 6) is 0.236. The lowest BCUT2D eigenvalue weighted by atomic mass is 10.1. The Hall–Kier alpha value is -1.78. The predicted octanol–water partition coefficient (Wildman–Crippen LogP) is 4.24. The summed E-state index contributed by atoms with van der Waals surface area (Å²) < 4.78 is 10.7. The van der Waals surface area contributed by atoms with E-state index in [9.17, 15) is 4.79 Å². The molecule has 1 aromatic heterocycles. The summed E-state index contributed by atoms with van der Waals surface area (Å²) >= 11 is 11.5. The molecule has 0 aliphatic rings. The summed E-state index contributed by atoms with van der Waals surface area (Å²) in [7, 11) is 0. The Balaban J connectivity index is 1.83. The number of carbonyl (C=O) groups excluding carboxylic acids is 1. The van der Waals surface area contributed by atoms with Crippen LogP contribution in [0.4, 0.5) is 0 Å². The molecule has 0 radical (unpaired) electrons. The Kier molecular flexibility index (Phi) is 5.63. The summed E-state index contributed by atoms with van der Waals surface area (Å²) in [5, 5.41) is 0.360. The van der Waals surface area contributed by atoms with Crippen molar-refractivity contribution in [3.05, 3.63) is 57.3 Å². The topological polar surface area (TPSA) is 48.4 Å². The Morgan fingerprint density at radius 1 is 1.09 bits per heavy atom. The van der Waals surface area contributed by atoms with Gasteiger partial charge >= 0.3 is 5.97 Å². The third kappa shape index (κ3) is 4.61. The number of benzene rings is 1. The lowest BCUT2D eigenvalue weighted by molar-refractivity contribution is 0.0450. The fraction of sp³-hybridized carbons (Fsp3) is 0.250. The van der Waals surface area contributed by atoms with E-state index in [0.29, 0.717) is 0 Å². The molecule has 2 rings (SSSR count). The van der Waals surface area contributed by atoms with Crippen LogP contribution in [0.2, 0.25) is 10.2 Å². The highest BCUT2D eigenvalue weighted by atomic mass is 35.5. The van der Waals surface area contributed by atoms with Gasteiger partial charge in [0.05, 0.1) is 10.6 Å². The van der Waals surface area contributed by atoms with Crippen molar-refractivity contribution in [2.45, 2.75) is 13.8 Å². The van der Waals surface area contributed by atoms with Gasteiger partial charge in [-0.05, 0) is 43.2 Å². The van der Waals surface area contributed by atoms with Crippen LogP contribution >= 0.6 is 23.2 Å². The highest BCUT2D eigenvalue weighted by Gasteiger charge is 2.10. The quantitative estimate of drug-likeness (QED) is 0.464. The van der Waals surface area contributed by atoms with Crippen molar-refractivity contribution >= 4 is 29.2 Å². The molecule has 6 heteroatoms. The van der Waals surface area contributed by atoms with E-state index in [0.717, 1.165) is 16.9 Å². The minimum absolute atomic E-state index is 0.131. The molecule has 0 saturated carbocycles. The van der Waals surface area contributed by atoms with Gasteiger partial charge in [-0.25, -0.2) is 9.78 Å². The van der Waals surface area contributed by atoms with Gasteiger partial charge in [0, 0.05) is 6.20 Å². The van der Waals surface area contributed by atoms with E-state index in [4.69, 9.17) is 32.7 Å². The molecular formula is C16H15Cl2NO3. The van der Waals surface area contributed by atoms with Crippen LogP contribution in [-0.4, -0.2) is 24.2 Å². The molecule has 0 amide bonds. The molecule has 0 bridgehead atoms. The van der Waals surface area contributed by atoms with Crippen LogP contribution in [-0.2, 0) is 4.74 Å². The van der Waals surface area contributed by atoms with Crippen molar-refractivity contribution in [2.75, 3.05) is 13.2 Å². The van der Waals surface area contributed by atoms with Crippen molar-refractivity contribution in [2.24, 2.45) is 0 Å². The zero-order valence-corrected chi connectivity index (χ0v) is 13.7. The number of aromatic nitrogens is 1. The number of pyridine rings is 1. The number of aryl methyl sites for hydroxylation is 2. The Morgan fingerprint density at radius 2 is 1.77 bits per heavy atom. The molecular weight excluding hydrogens is 325 g/mol. The third-order valence-corrected chi connectivity index (χ3v) is 3.50. The van der Waals surface area contributed by atoms with E-state index in [1.807, 2.05) is 26.0 Å². The van der Waals surface area contributed by atoms with E-state index < -0.39 is 5.97 Å². The van der Waals surface area contributed by atoms with Gasteiger partial charge in [-0.3, -0.25) is 0 Å². The minimum Gasteiger partial charge on any atom is -0.490 e. The average molecular weight is 340 g/mol. The van der Waals surface area contributed by atoms with Crippen LogP contribution in [0, 0.1) is 13.8 Å². The molecule has 2 aromatic rings. The highest BCUT2D eigenvalue weighted by molar-refractivity contribution is 6.41. The normalized spacial score (nSPS) is 10.4. The van der Waals surface area contributed by atoms with Crippen molar-refractivity contribution in [3.8, 4) is 5.75 Å². The molecule has 0 N–H and O–H groups in total. The summed E-state index contributed by atoms with van der Waals surface area (Å²) in [6.45, 7) is 4.39. The van der Waals surface area contributed by atoms with Crippen LogP contribution in [0.25, 0.3) is 0 Å². The van der Waals surface area contributed by atoms with Crippen molar-refractivity contribution < 1.29 is 14.3 Å². The molecule has 1 heterocycles. The second-order valence-electron chi connectivity index (χ2n) is 4.80. The standard InChI is InChI=1S/C16H15Cl2NO3/c1-10-5-11(2)7-13(6-10)21-3-4-22-16(20)12-8-14(17)15(18)19-9-12/h5-9H,3-4H2,1-2H3. The van der Waals surface area contributed by atoms with Gasteiger partial charge in [0.25, 0.3) is 0 Å². The van der Waals surface area contributed by atoms with E-state index >= 15 is 0 Å². The van der Waals surface area contributed by atoms with Gasteiger partial charge in [-0.1, -0.05) is 29.3 Å². The van der Waals surface area contributed by atoms with Crippen molar-refractivity contribution in [3.63, 3.8) is 0 Å². The highest BCUT2D eigenvalue weighted by Crippen LogP contribution is 2.20. The minimum atomic E-state index is -0.518. The Labute approximate surface area is 139 Å². The molecule has 0 atom stereocenters.